The van der Waals surface area contributed by atoms with E-state index in [0.717, 1.165) is 16.3 Å². The van der Waals surface area contributed by atoms with Crippen molar-refractivity contribution in [3.63, 3.8) is 0 Å². The number of pyridine rings is 1. The van der Waals surface area contributed by atoms with Crippen molar-refractivity contribution in [1.29, 1.82) is 0 Å². The van der Waals surface area contributed by atoms with E-state index in [9.17, 15) is 0 Å². The molecule has 0 bridgehead atoms. The Labute approximate surface area is 96.1 Å². The molecule has 0 fully saturated rings. The Kier molecular flexibility index (Phi) is 6.97. The lowest BCUT2D eigenvalue weighted by Gasteiger charge is -2.04. The molecule has 0 amide bonds. The minimum Gasteiger partial charge on any atom is -0.326 e. The number of aromatic nitrogens is 1. The van der Waals surface area contributed by atoms with E-state index in [1.165, 1.54) is 0 Å². The fraction of sp³-hybridized carbons (Fsp3) is 0.500. The lowest BCUT2D eigenvalue weighted by Crippen LogP contribution is -1.97. The molecule has 0 aromatic carbocycles. The van der Waals surface area contributed by atoms with Crippen molar-refractivity contribution in [3.05, 3.63) is 23.9 Å². The van der Waals surface area contributed by atoms with E-state index in [-0.39, 0.29) is 12.4 Å². The summed E-state index contributed by atoms with van der Waals surface area (Å²) in [7, 11) is 0. The quantitative estimate of drug-likeness (QED) is 0.812. The molecule has 0 radical (unpaired) electrons. The van der Waals surface area contributed by atoms with E-state index in [1.807, 2.05) is 12.3 Å². The van der Waals surface area contributed by atoms with Gasteiger partial charge in [0.05, 0.1) is 5.03 Å². The van der Waals surface area contributed by atoms with E-state index in [4.69, 9.17) is 5.73 Å². The van der Waals surface area contributed by atoms with Gasteiger partial charge in [0.25, 0.3) is 0 Å². The largest absolute Gasteiger partial charge is 0.326 e. The van der Waals surface area contributed by atoms with Crippen molar-refractivity contribution in [2.45, 2.75) is 25.4 Å². The highest BCUT2D eigenvalue weighted by molar-refractivity contribution is 7.99. The summed E-state index contributed by atoms with van der Waals surface area (Å²) >= 11 is 1.79. The molecule has 80 valence electrons. The summed E-state index contributed by atoms with van der Waals surface area (Å²) in [6.07, 6.45) is 1.82. The van der Waals surface area contributed by atoms with Gasteiger partial charge in [0, 0.05) is 18.5 Å². The first kappa shape index (κ1) is 13.8. The monoisotopic (exact) mass is 232 g/mol. The molecule has 1 heterocycles. The van der Waals surface area contributed by atoms with Crippen molar-refractivity contribution in [2.24, 2.45) is 11.7 Å². The number of rotatable bonds is 4. The fourth-order valence-corrected chi connectivity index (χ4v) is 1.78. The van der Waals surface area contributed by atoms with E-state index in [1.54, 1.807) is 11.8 Å². The molecule has 0 saturated heterocycles. The van der Waals surface area contributed by atoms with Gasteiger partial charge in [0.1, 0.15) is 0 Å². The zero-order chi connectivity index (χ0) is 9.68. The van der Waals surface area contributed by atoms with Crippen LogP contribution in [0.4, 0.5) is 0 Å². The number of thioether (sulfide) groups is 1. The molecule has 2 nitrogen and oxygen atoms in total. The maximum atomic E-state index is 5.54. The predicted molar refractivity (Wildman–Crippen MR) is 64.9 cm³/mol. The number of nitrogens with two attached hydrogens (primary N) is 1. The first-order valence-corrected chi connectivity index (χ1v) is 5.48. The van der Waals surface area contributed by atoms with Gasteiger partial charge in [-0.3, -0.25) is 0 Å². The van der Waals surface area contributed by atoms with Gasteiger partial charge in [-0.05, 0) is 23.6 Å². The second kappa shape index (κ2) is 7.10. The predicted octanol–water partition coefficient (Wildman–Crippen LogP) is 2.71. The second-order valence-electron chi connectivity index (χ2n) is 3.41. The molecule has 0 saturated carbocycles. The molecule has 1 aromatic rings. The van der Waals surface area contributed by atoms with Gasteiger partial charge >= 0.3 is 0 Å². The van der Waals surface area contributed by atoms with E-state index < -0.39 is 0 Å². The Morgan fingerprint density at radius 2 is 2.21 bits per heavy atom. The van der Waals surface area contributed by atoms with E-state index >= 15 is 0 Å². The van der Waals surface area contributed by atoms with Crippen LogP contribution in [0.5, 0.6) is 0 Å². The summed E-state index contributed by atoms with van der Waals surface area (Å²) in [6.45, 7) is 5.01. The molecule has 2 N–H and O–H groups in total. The summed E-state index contributed by atoms with van der Waals surface area (Å²) in [4.78, 5) is 4.27. The maximum absolute atomic E-state index is 5.54. The van der Waals surface area contributed by atoms with Gasteiger partial charge in [0.2, 0.25) is 0 Å². The molecule has 4 heteroatoms. The number of halogens is 1. The normalized spacial score (nSPS) is 10.0. The van der Waals surface area contributed by atoms with Crippen LogP contribution >= 0.6 is 24.2 Å². The lowest BCUT2D eigenvalue weighted by atomic mass is 10.3. The van der Waals surface area contributed by atoms with Crippen molar-refractivity contribution in [3.8, 4) is 0 Å². The Bertz CT molecular complexity index is 266. The van der Waals surface area contributed by atoms with Crippen LogP contribution in [0.15, 0.2) is 23.4 Å². The summed E-state index contributed by atoms with van der Waals surface area (Å²) in [5.74, 6) is 1.81. The average Bonchev–Trinajstić information content (AvgIpc) is 2.15. The van der Waals surface area contributed by atoms with Crippen LogP contribution in [0.3, 0.4) is 0 Å². The Morgan fingerprint density at radius 3 is 2.79 bits per heavy atom. The molecule has 0 aliphatic carbocycles. The second-order valence-corrected chi connectivity index (χ2v) is 4.45. The van der Waals surface area contributed by atoms with Gasteiger partial charge in [-0.15, -0.1) is 24.2 Å². The zero-order valence-electron chi connectivity index (χ0n) is 8.56. The molecular weight excluding hydrogens is 216 g/mol. The number of hydrogen-bond donors (Lipinski definition) is 1. The molecule has 0 atom stereocenters. The van der Waals surface area contributed by atoms with Crippen LogP contribution in [0.2, 0.25) is 0 Å². The third-order valence-electron chi connectivity index (χ3n) is 1.60. The van der Waals surface area contributed by atoms with Crippen molar-refractivity contribution in [2.75, 3.05) is 5.75 Å². The summed E-state index contributed by atoms with van der Waals surface area (Å²) < 4.78 is 0. The van der Waals surface area contributed by atoms with Crippen molar-refractivity contribution < 1.29 is 0 Å². The van der Waals surface area contributed by atoms with Crippen LogP contribution in [0, 0.1) is 5.92 Å². The maximum Gasteiger partial charge on any atom is 0.0963 e. The van der Waals surface area contributed by atoms with E-state index in [0.29, 0.717) is 12.5 Å². The smallest absolute Gasteiger partial charge is 0.0963 e. The Balaban J connectivity index is 0.00000169. The summed E-state index contributed by atoms with van der Waals surface area (Å²) in [5, 5.41) is 1.08. The highest BCUT2D eigenvalue weighted by Gasteiger charge is 1.99. The molecule has 1 aromatic heterocycles. The molecule has 0 unspecified atom stereocenters. The molecule has 0 aliphatic heterocycles. The Hall–Kier alpha value is -0.250. The zero-order valence-corrected chi connectivity index (χ0v) is 10.2. The number of hydrogen-bond acceptors (Lipinski definition) is 3. The summed E-state index contributed by atoms with van der Waals surface area (Å²) in [5.41, 5.74) is 6.69. The van der Waals surface area contributed by atoms with Crippen LogP contribution in [-0.2, 0) is 6.54 Å². The van der Waals surface area contributed by atoms with Gasteiger partial charge in [-0.25, -0.2) is 4.98 Å². The first-order chi connectivity index (χ1) is 6.22. The number of nitrogens with zero attached hydrogens (tertiary/aromatic N) is 1. The van der Waals surface area contributed by atoms with Crippen LogP contribution < -0.4 is 5.73 Å². The van der Waals surface area contributed by atoms with Crippen molar-refractivity contribution >= 4 is 24.2 Å². The van der Waals surface area contributed by atoms with Gasteiger partial charge < -0.3 is 5.73 Å². The highest BCUT2D eigenvalue weighted by atomic mass is 35.5. The topological polar surface area (TPSA) is 38.9 Å². The lowest BCUT2D eigenvalue weighted by molar-refractivity contribution is 0.749. The third-order valence-corrected chi connectivity index (χ3v) is 2.95. The summed E-state index contributed by atoms with van der Waals surface area (Å²) in [6, 6.07) is 4.02. The molecule has 14 heavy (non-hydrogen) atoms. The molecule has 0 spiro atoms. The molecule has 1 rings (SSSR count). The standard InChI is InChI=1S/C10H16N2S.ClH/c1-8(2)7-13-10-5-9(6-11)3-4-12-10;/h3-5,8H,6-7,11H2,1-2H3;1H. The van der Waals surface area contributed by atoms with Gasteiger partial charge in [-0.2, -0.15) is 0 Å². The van der Waals surface area contributed by atoms with Crippen molar-refractivity contribution in [1.82, 2.24) is 4.98 Å². The fourth-order valence-electron chi connectivity index (χ4n) is 0.908. The van der Waals surface area contributed by atoms with Crippen LogP contribution in [0.1, 0.15) is 19.4 Å². The van der Waals surface area contributed by atoms with E-state index in [2.05, 4.69) is 24.9 Å². The van der Waals surface area contributed by atoms with Crippen LogP contribution in [0.25, 0.3) is 0 Å². The Morgan fingerprint density at radius 1 is 1.50 bits per heavy atom. The third kappa shape index (κ3) is 4.84. The molecular formula is C10H17ClN2S. The van der Waals surface area contributed by atoms with Gasteiger partial charge in [-0.1, -0.05) is 13.8 Å². The SMILES string of the molecule is CC(C)CSc1cc(CN)ccn1.Cl. The van der Waals surface area contributed by atoms with Gasteiger partial charge in [0.15, 0.2) is 0 Å². The van der Waals surface area contributed by atoms with Crippen LogP contribution in [-0.4, -0.2) is 10.7 Å². The molecule has 0 aliphatic rings. The first-order valence-electron chi connectivity index (χ1n) is 4.50. The minimum absolute atomic E-state index is 0. The average molecular weight is 233 g/mol. The minimum atomic E-state index is 0. The highest BCUT2D eigenvalue weighted by Crippen LogP contribution is 2.18.